The molecule has 3 aliphatic rings. The summed E-state index contributed by atoms with van der Waals surface area (Å²) in [5.74, 6) is -0.799. The Balaban J connectivity index is 1.06. The minimum Gasteiger partial charge on any atom is -0.457 e. The number of carbonyl (C=O) groups is 3. The molecule has 6 N–H and O–H groups in total. The Bertz CT molecular complexity index is 1820. The zero-order valence-corrected chi connectivity index (χ0v) is 26.4. The number of esters is 1. The summed E-state index contributed by atoms with van der Waals surface area (Å²) >= 11 is 0. The third-order valence-corrected chi connectivity index (χ3v) is 8.75. The number of hydrogen-bond acceptors (Lipinski definition) is 14. The molecular weight excluding hydrogens is 648 g/mol. The van der Waals surface area contributed by atoms with Crippen molar-refractivity contribution in [3.8, 4) is 11.4 Å². The normalized spacial score (nSPS) is 25.6. The highest BCUT2D eigenvalue weighted by molar-refractivity contribution is 5.88. The molecule has 0 unspecified atom stereocenters. The number of rotatable bonds is 11. The Morgan fingerprint density at radius 3 is 2.69 bits per heavy atom. The molecule has 49 heavy (non-hydrogen) atoms. The first kappa shape index (κ1) is 34.2. The molecule has 1 aromatic carbocycles. The van der Waals surface area contributed by atoms with E-state index >= 15 is 0 Å². The largest absolute Gasteiger partial charge is 0.457 e. The molecule has 17 nitrogen and oxygen atoms in total. The number of nitrogens with one attached hydrogen (secondary N) is 1. The van der Waals surface area contributed by atoms with Crippen LogP contribution in [0.3, 0.4) is 0 Å². The van der Waals surface area contributed by atoms with Gasteiger partial charge in [-0.3, -0.25) is 4.79 Å². The minimum atomic E-state index is -1.88. The number of carbonyl (C=O) groups excluding carboxylic acids is 3. The summed E-state index contributed by atoms with van der Waals surface area (Å²) in [6.45, 7) is 0.847. The van der Waals surface area contributed by atoms with Crippen LogP contribution in [-0.2, 0) is 52.0 Å². The topological polar surface area (TPSA) is 240 Å². The lowest BCUT2D eigenvalue weighted by atomic mass is 9.85. The van der Waals surface area contributed by atoms with Gasteiger partial charge in [-0.25, -0.2) is 19.4 Å². The van der Waals surface area contributed by atoms with Crippen LogP contribution >= 0.6 is 0 Å². The van der Waals surface area contributed by atoms with Crippen LogP contribution in [-0.4, -0.2) is 107 Å². The van der Waals surface area contributed by atoms with Gasteiger partial charge in [0.2, 0.25) is 5.60 Å². The number of ether oxygens (including phenoxy) is 6. The number of nitrogens with zero attached hydrogens (tertiary/aromatic N) is 2. The number of aromatic nitrogens is 2. The Morgan fingerprint density at radius 1 is 1.14 bits per heavy atom. The van der Waals surface area contributed by atoms with Crippen LogP contribution in [0.5, 0.6) is 0 Å². The number of aliphatic hydroxyl groups excluding tert-OH is 3. The summed E-state index contributed by atoms with van der Waals surface area (Å²) in [7, 11) is 0. The Kier molecular flexibility index (Phi) is 9.82. The predicted octanol–water partition coefficient (Wildman–Crippen LogP) is -0.250. The monoisotopic (exact) mass is 684 g/mol. The van der Waals surface area contributed by atoms with E-state index in [0.717, 1.165) is 16.5 Å². The predicted molar refractivity (Wildman–Crippen MR) is 166 cm³/mol. The lowest BCUT2D eigenvalue weighted by molar-refractivity contribution is -0.301. The van der Waals surface area contributed by atoms with E-state index in [2.05, 4.69) is 5.32 Å². The highest BCUT2D eigenvalue weighted by Crippen LogP contribution is 2.41. The SMILES string of the molecule is CC[C@@]1(OC(=O)NCCOCCO[C@@H]2O[C@H](CO)[C@@H](O)[C@H](OC(N)=O)[C@@H]2O)C(=O)OCc2c1cc1n(c2=O)Cc2cc3ccccc3nc2-1. The highest BCUT2D eigenvalue weighted by atomic mass is 16.7. The second-order valence-electron chi connectivity index (χ2n) is 11.7. The van der Waals surface area contributed by atoms with Gasteiger partial charge in [-0.05, 0) is 24.6 Å². The number of fused-ring (bicyclic) bond motifs is 5. The Morgan fingerprint density at radius 2 is 1.94 bits per heavy atom. The van der Waals surface area contributed by atoms with Gasteiger partial charge >= 0.3 is 18.2 Å². The van der Waals surface area contributed by atoms with Crippen molar-refractivity contribution in [3.63, 3.8) is 0 Å². The molecule has 2 amide bonds. The van der Waals surface area contributed by atoms with Crippen molar-refractivity contribution in [3.05, 3.63) is 63.4 Å². The molecule has 2 aromatic heterocycles. The molecule has 0 aliphatic carbocycles. The first-order chi connectivity index (χ1) is 23.6. The van der Waals surface area contributed by atoms with Crippen molar-refractivity contribution in [1.29, 1.82) is 0 Å². The number of hydrogen-bond donors (Lipinski definition) is 5. The molecule has 6 atom stereocenters. The van der Waals surface area contributed by atoms with E-state index in [1.54, 1.807) is 17.6 Å². The summed E-state index contributed by atoms with van der Waals surface area (Å²) in [5.41, 5.74) is 5.97. The van der Waals surface area contributed by atoms with Gasteiger partial charge in [0, 0.05) is 23.1 Å². The van der Waals surface area contributed by atoms with Crippen LogP contribution in [0.25, 0.3) is 22.3 Å². The molecule has 0 saturated carbocycles. The Labute approximate surface area is 278 Å². The smallest absolute Gasteiger partial charge is 0.408 e. The number of benzene rings is 1. The first-order valence-electron chi connectivity index (χ1n) is 15.7. The number of nitrogens with two attached hydrogens (primary N) is 1. The lowest BCUT2D eigenvalue weighted by Gasteiger charge is -2.40. The summed E-state index contributed by atoms with van der Waals surface area (Å²) in [4.78, 5) is 55.8. The standard InChI is InChI=1S/C32H36N4O13/c1-2-32(49-31(43)34-7-8-44-9-10-45-28-25(39)26(48-30(33)42)24(38)22(14-37)47-28)19-12-21-23-17(11-16-5-3-4-6-20(16)35-23)13-36(21)27(40)18(19)15-46-29(32)41/h3-6,11-12,22,24-26,28,37-39H,2,7-10,13-15H2,1H3,(H2,33,42)(H,34,43)/t22-,24-,25+,26+,28-,32+/m1/s1. The summed E-state index contributed by atoms with van der Waals surface area (Å²) < 4.78 is 33.6. The van der Waals surface area contributed by atoms with Crippen molar-refractivity contribution in [2.75, 3.05) is 33.0 Å². The van der Waals surface area contributed by atoms with Crippen LogP contribution in [0.4, 0.5) is 9.59 Å². The molecule has 5 heterocycles. The molecule has 262 valence electrons. The second kappa shape index (κ2) is 14.1. The van der Waals surface area contributed by atoms with Crippen LogP contribution in [0.1, 0.15) is 30.0 Å². The van der Waals surface area contributed by atoms with Gasteiger partial charge in [-0.1, -0.05) is 25.1 Å². The Hall–Kier alpha value is -4.65. The van der Waals surface area contributed by atoms with Gasteiger partial charge in [0.1, 0.15) is 24.9 Å². The van der Waals surface area contributed by atoms with E-state index in [-0.39, 0.29) is 56.1 Å². The van der Waals surface area contributed by atoms with Crippen LogP contribution in [0.2, 0.25) is 0 Å². The number of aliphatic hydroxyl groups is 3. The van der Waals surface area contributed by atoms with Crippen LogP contribution in [0, 0.1) is 0 Å². The fourth-order valence-corrected chi connectivity index (χ4v) is 6.29. The van der Waals surface area contributed by atoms with E-state index in [1.807, 2.05) is 30.3 Å². The molecule has 0 bridgehead atoms. The lowest BCUT2D eigenvalue weighted by Crippen LogP contribution is -2.60. The fourth-order valence-electron chi connectivity index (χ4n) is 6.29. The summed E-state index contributed by atoms with van der Waals surface area (Å²) in [5, 5.41) is 33.4. The maximum absolute atomic E-state index is 13.7. The van der Waals surface area contributed by atoms with Gasteiger partial charge in [0.25, 0.3) is 5.56 Å². The van der Waals surface area contributed by atoms with Crippen molar-refractivity contribution in [1.82, 2.24) is 14.9 Å². The number of primary amides is 1. The van der Waals surface area contributed by atoms with E-state index in [4.69, 9.17) is 39.1 Å². The second-order valence-corrected chi connectivity index (χ2v) is 11.7. The maximum Gasteiger partial charge on any atom is 0.408 e. The minimum absolute atomic E-state index is 0.00438. The molecule has 1 saturated heterocycles. The van der Waals surface area contributed by atoms with Crippen molar-refractivity contribution >= 4 is 29.1 Å². The third-order valence-electron chi connectivity index (χ3n) is 8.75. The van der Waals surface area contributed by atoms with E-state index in [1.165, 1.54) is 0 Å². The molecule has 0 radical (unpaired) electrons. The van der Waals surface area contributed by atoms with Gasteiger partial charge in [0.15, 0.2) is 12.4 Å². The van der Waals surface area contributed by atoms with Crippen molar-refractivity contribution in [2.24, 2.45) is 5.73 Å². The maximum atomic E-state index is 13.7. The average Bonchev–Trinajstić information content (AvgIpc) is 3.44. The molecule has 6 rings (SSSR count). The summed E-state index contributed by atoms with van der Waals surface area (Å²) in [6.07, 6.45) is -9.39. The summed E-state index contributed by atoms with van der Waals surface area (Å²) in [6, 6.07) is 11.3. The van der Waals surface area contributed by atoms with Gasteiger partial charge in [-0.15, -0.1) is 0 Å². The molecule has 0 spiro atoms. The van der Waals surface area contributed by atoms with Crippen LogP contribution in [0.15, 0.2) is 41.2 Å². The number of pyridine rings is 2. The zero-order chi connectivity index (χ0) is 34.9. The van der Waals surface area contributed by atoms with Crippen LogP contribution < -0.4 is 16.6 Å². The fraction of sp³-hybridized carbons (Fsp3) is 0.469. The number of alkyl carbamates (subject to hydrolysis) is 1. The molecule has 1 fully saturated rings. The number of amides is 2. The van der Waals surface area contributed by atoms with Gasteiger partial charge in [-0.2, -0.15) is 0 Å². The van der Waals surface area contributed by atoms with Crippen molar-refractivity contribution in [2.45, 2.75) is 62.8 Å². The van der Waals surface area contributed by atoms with Gasteiger partial charge < -0.3 is 59.4 Å². The van der Waals surface area contributed by atoms with Gasteiger partial charge in [0.05, 0.1) is 55.4 Å². The number of para-hydroxylation sites is 1. The average molecular weight is 685 g/mol. The van der Waals surface area contributed by atoms with E-state index in [9.17, 15) is 34.5 Å². The quantitative estimate of drug-likeness (QED) is 0.0778. The molecule has 17 heteroatoms. The van der Waals surface area contributed by atoms with E-state index in [0.29, 0.717) is 17.9 Å². The van der Waals surface area contributed by atoms with E-state index < -0.39 is 61.1 Å². The highest BCUT2D eigenvalue weighted by Gasteiger charge is 2.51. The molecule has 3 aromatic rings. The number of cyclic esters (lactones) is 1. The molecular formula is C32H36N4O13. The molecule has 3 aliphatic heterocycles. The third kappa shape index (κ3) is 6.43. The zero-order valence-electron chi connectivity index (χ0n) is 26.4. The first-order valence-corrected chi connectivity index (χ1v) is 15.7. The van der Waals surface area contributed by atoms with Crippen molar-refractivity contribution < 1.29 is 58.1 Å².